The Morgan fingerprint density at radius 3 is 2.75 bits per heavy atom. The molecule has 0 bridgehead atoms. The second-order valence-corrected chi connectivity index (χ2v) is 2.56. The zero-order chi connectivity index (χ0) is 8.81. The van der Waals surface area contributed by atoms with Gasteiger partial charge in [-0.25, -0.2) is 0 Å². The summed E-state index contributed by atoms with van der Waals surface area (Å²) in [7, 11) is 1.50. The van der Waals surface area contributed by atoms with Gasteiger partial charge in [-0.05, 0) is 31.5 Å². The highest BCUT2D eigenvalue weighted by Crippen LogP contribution is 2.22. The van der Waals surface area contributed by atoms with Crippen molar-refractivity contribution in [2.75, 3.05) is 13.7 Å². The highest BCUT2D eigenvalue weighted by Gasteiger charge is 2.06. The molecule has 0 unspecified atom stereocenters. The SMILES string of the molecule is CN.c1ccc2c(c1)CCCO2. The molecule has 0 saturated carbocycles. The third-order valence-electron chi connectivity index (χ3n) is 1.82. The number of benzene rings is 1. The summed E-state index contributed by atoms with van der Waals surface area (Å²) >= 11 is 0. The molecule has 2 nitrogen and oxygen atoms in total. The monoisotopic (exact) mass is 165 g/mol. The van der Waals surface area contributed by atoms with Crippen molar-refractivity contribution in [1.82, 2.24) is 0 Å². The van der Waals surface area contributed by atoms with Crippen molar-refractivity contribution >= 4 is 0 Å². The van der Waals surface area contributed by atoms with Crippen LogP contribution in [0.3, 0.4) is 0 Å². The second-order valence-electron chi connectivity index (χ2n) is 2.56. The molecule has 66 valence electrons. The van der Waals surface area contributed by atoms with E-state index in [0.717, 1.165) is 18.8 Å². The lowest BCUT2D eigenvalue weighted by Gasteiger charge is -2.15. The predicted molar refractivity (Wildman–Crippen MR) is 50.4 cm³/mol. The lowest BCUT2D eigenvalue weighted by molar-refractivity contribution is 0.288. The molecule has 0 spiro atoms. The minimum atomic E-state index is 0.886. The maximum atomic E-state index is 5.42. The fourth-order valence-corrected chi connectivity index (χ4v) is 1.30. The third kappa shape index (κ3) is 1.98. The van der Waals surface area contributed by atoms with E-state index in [2.05, 4.69) is 17.9 Å². The van der Waals surface area contributed by atoms with Crippen LogP contribution >= 0.6 is 0 Å². The van der Waals surface area contributed by atoms with Crippen LogP contribution in [0.4, 0.5) is 0 Å². The van der Waals surface area contributed by atoms with Crippen LogP contribution in [0.2, 0.25) is 0 Å². The number of fused-ring (bicyclic) bond motifs is 1. The largest absolute Gasteiger partial charge is 0.493 e. The average Bonchev–Trinajstić information content (AvgIpc) is 2.21. The Balaban J connectivity index is 0.000000336. The average molecular weight is 165 g/mol. The van der Waals surface area contributed by atoms with Gasteiger partial charge in [0.1, 0.15) is 5.75 Å². The lowest BCUT2D eigenvalue weighted by Crippen LogP contribution is -2.07. The van der Waals surface area contributed by atoms with Crippen LogP contribution in [0.5, 0.6) is 5.75 Å². The maximum Gasteiger partial charge on any atom is 0.122 e. The van der Waals surface area contributed by atoms with E-state index in [1.807, 2.05) is 12.1 Å². The molecule has 1 aromatic carbocycles. The summed E-state index contributed by atoms with van der Waals surface area (Å²) in [5, 5.41) is 0. The molecule has 0 saturated heterocycles. The van der Waals surface area contributed by atoms with Crippen LogP contribution < -0.4 is 10.5 Å². The number of rotatable bonds is 0. The number of para-hydroxylation sites is 1. The quantitative estimate of drug-likeness (QED) is 0.633. The van der Waals surface area contributed by atoms with Crippen molar-refractivity contribution in [2.24, 2.45) is 5.73 Å². The van der Waals surface area contributed by atoms with E-state index in [4.69, 9.17) is 4.74 Å². The molecule has 12 heavy (non-hydrogen) atoms. The molecule has 0 fully saturated rings. The van der Waals surface area contributed by atoms with Crippen LogP contribution in [-0.2, 0) is 6.42 Å². The molecular formula is C10H15NO. The van der Waals surface area contributed by atoms with Crippen LogP contribution in [0, 0.1) is 0 Å². The van der Waals surface area contributed by atoms with Gasteiger partial charge in [0.2, 0.25) is 0 Å². The Bertz CT molecular complexity index is 210. The molecule has 1 aliphatic rings. The van der Waals surface area contributed by atoms with E-state index in [0.29, 0.717) is 0 Å². The smallest absolute Gasteiger partial charge is 0.122 e. The molecular weight excluding hydrogens is 150 g/mol. The number of ether oxygens (including phenoxy) is 1. The Labute approximate surface area is 73.3 Å². The van der Waals surface area contributed by atoms with Crippen LogP contribution in [-0.4, -0.2) is 13.7 Å². The molecule has 0 radical (unpaired) electrons. The standard InChI is InChI=1S/C9H10O.CH5N/c1-2-6-9-8(4-1)5-3-7-10-9;1-2/h1-2,4,6H,3,5,7H2;2H2,1H3. The van der Waals surface area contributed by atoms with E-state index in [1.54, 1.807) is 0 Å². The van der Waals surface area contributed by atoms with E-state index < -0.39 is 0 Å². The molecule has 0 aromatic heterocycles. The summed E-state index contributed by atoms with van der Waals surface area (Å²) in [6.07, 6.45) is 2.34. The van der Waals surface area contributed by atoms with Gasteiger partial charge in [0.25, 0.3) is 0 Å². The molecule has 0 amide bonds. The summed E-state index contributed by atoms with van der Waals surface area (Å²) in [5.41, 5.74) is 5.86. The van der Waals surface area contributed by atoms with Gasteiger partial charge in [0, 0.05) is 0 Å². The minimum Gasteiger partial charge on any atom is -0.493 e. The normalized spacial score (nSPS) is 13.5. The molecule has 0 atom stereocenters. The highest BCUT2D eigenvalue weighted by molar-refractivity contribution is 5.34. The first kappa shape index (κ1) is 9.07. The van der Waals surface area contributed by atoms with E-state index in [9.17, 15) is 0 Å². The number of nitrogens with two attached hydrogens (primary N) is 1. The zero-order valence-electron chi connectivity index (χ0n) is 7.42. The molecule has 1 aromatic rings. The summed E-state index contributed by atoms with van der Waals surface area (Å²) < 4.78 is 5.42. The minimum absolute atomic E-state index is 0.886. The maximum absolute atomic E-state index is 5.42. The Hall–Kier alpha value is -1.02. The third-order valence-corrected chi connectivity index (χ3v) is 1.82. The van der Waals surface area contributed by atoms with Gasteiger partial charge in [0.15, 0.2) is 0 Å². The fraction of sp³-hybridized carbons (Fsp3) is 0.400. The second kappa shape index (κ2) is 4.78. The first-order chi connectivity index (χ1) is 5.97. The predicted octanol–water partition coefficient (Wildman–Crippen LogP) is 1.59. The van der Waals surface area contributed by atoms with Crippen molar-refractivity contribution in [1.29, 1.82) is 0 Å². The van der Waals surface area contributed by atoms with E-state index in [1.165, 1.54) is 19.0 Å². The molecule has 2 heteroatoms. The van der Waals surface area contributed by atoms with Gasteiger partial charge in [-0.1, -0.05) is 18.2 Å². The van der Waals surface area contributed by atoms with Crippen LogP contribution in [0.1, 0.15) is 12.0 Å². The number of hydrogen-bond acceptors (Lipinski definition) is 2. The first-order valence-corrected chi connectivity index (χ1v) is 4.25. The summed E-state index contributed by atoms with van der Waals surface area (Å²) in [6, 6.07) is 8.25. The van der Waals surface area contributed by atoms with Crippen LogP contribution in [0.15, 0.2) is 24.3 Å². The number of aryl methyl sites for hydroxylation is 1. The van der Waals surface area contributed by atoms with Gasteiger partial charge in [-0.3, -0.25) is 0 Å². The van der Waals surface area contributed by atoms with Crippen molar-refractivity contribution in [3.63, 3.8) is 0 Å². The van der Waals surface area contributed by atoms with Gasteiger partial charge in [0.05, 0.1) is 6.61 Å². The highest BCUT2D eigenvalue weighted by atomic mass is 16.5. The molecule has 2 rings (SSSR count). The molecule has 1 heterocycles. The number of hydrogen-bond donors (Lipinski definition) is 1. The summed E-state index contributed by atoms with van der Waals surface area (Å²) in [4.78, 5) is 0. The first-order valence-electron chi connectivity index (χ1n) is 4.25. The summed E-state index contributed by atoms with van der Waals surface area (Å²) in [6.45, 7) is 0.886. The Morgan fingerprint density at radius 2 is 2.00 bits per heavy atom. The van der Waals surface area contributed by atoms with Gasteiger partial charge in [-0.2, -0.15) is 0 Å². The van der Waals surface area contributed by atoms with Crippen molar-refractivity contribution in [3.05, 3.63) is 29.8 Å². The van der Waals surface area contributed by atoms with Gasteiger partial charge >= 0.3 is 0 Å². The van der Waals surface area contributed by atoms with E-state index in [-0.39, 0.29) is 0 Å². The molecule has 2 N–H and O–H groups in total. The summed E-state index contributed by atoms with van der Waals surface area (Å²) in [5.74, 6) is 1.08. The van der Waals surface area contributed by atoms with Gasteiger partial charge in [-0.15, -0.1) is 0 Å². The van der Waals surface area contributed by atoms with Crippen molar-refractivity contribution < 1.29 is 4.74 Å². The fourth-order valence-electron chi connectivity index (χ4n) is 1.30. The Morgan fingerprint density at radius 1 is 1.25 bits per heavy atom. The van der Waals surface area contributed by atoms with Crippen LogP contribution in [0.25, 0.3) is 0 Å². The topological polar surface area (TPSA) is 35.2 Å². The molecule has 1 aliphatic heterocycles. The van der Waals surface area contributed by atoms with Crippen molar-refractivity contribution in [2.45, 2.75) is 12.8 Å². The van der Waals surface area contributed by atoms with Gasteiger partial charge < -0.3 is 10.5 Å². The zero-order valence-corrected chi connectivity index (χ0v) is 7.42. The van der Waals surface area contributed by atoms with E-state index >= 15 is 0 Å². The Kier molecular flexibility index (Phi) is 3.61. The molecule has 0 aliphatic carbocycles. The lowest BCUT2D eigenvalue weighted by atomic mass is 10.1. The van der Waals surface area contributed by atoms with Crippen molar-refractivity contribution in [3.8, 4) is 5.75 Å².